The lowest BCUT2D eigenvalue weighted by molar-refractivity contribution is -0.117. The molecule has 4 heteroatoms. The van der Waals surface area contributed by atoms with Crippen LogP contribution in [0.1, 0.15) is 36.5 Å². The SMILES string of the molecule is COc1ccc(C(=O)N2CCCC2CC(C)=O)cc1. The molecule has 1 amide bonds. The first kappa shape index (κ1) is 13.6. The highest BCUT2D eigenvalue weighted by atomic mass is 16.5. The molecule has 1 fully saturated rings. The molecule has 102 valence electrons. The molecule has 1 heterocycles. The first-order valence-electron chi connectivity index (χ1n) is 6.56. The molecular weight excluding hydrogens is 242 g/mol. The van der Waals surface area contributed by atoms with Crippen molar-refractivity contribution in [2.45, 2.75) is 32.2 Å². The van der Waals surface area contributed by atoms with Gasteiger partial charge in [-0.15, -0.1) is 0 Å². The number of ketones is 1. The third-order valence-electron chi connectivity index (χ3n) is 3.50. The number of ether oxygens (including phenoxy) is 1. The van der Waals surface area contributed by atoms with Crippen LogP contribution >= 0.6 is 0 Å². The van der Waals surface area contributed by atoms with E-state index in [2.05, 4.69) is 0 Å². The molecule has 2 rings (SSSR count). The zero-order valence-corrected chi connectivity index (χ0v) is 11.4. The van der Waals surface area contributed by atoms with Gasteiger partial charge in [-0.25, -0.2) is 0 Å². The molecule has 1 saturated heterocycles. The third kappa shape index (κ3) is 3.13. The van der Waals surface area contributed by atoms with Crippen LogP contribution in [-0.2, 0) is 4.79 Å². The summed E-state index contributed by atoms with van der Waals surface area (Å²) in [6.07, 6.45) is 2.35. The van der Waals surface area contributed by atoms with Crippen molar-refractivity contribution in [3.63, 3.8) is 0 Å². The molecule has 0 aliphatic carbocycles. The first-order chi connectivity index (χ1) is 9.11. The normalized spacial score (nSPS) is 18.4. The predicted molar refractivity (Wildman–Crippen MR) is 72.4 cm³/mol. The minimum absolute atomic E-state index is 0.00593. The van der Waals surface area contributed by atoms with Crippen LogP contribution < -0.4 is 4.74 Å². The molecule has 19 heavy (non-hydrogen) atoms. The van der Waals surface area contributed by atoms with E-state index in [1.807, 2.05) is 4.90 Å². The van der Waals surface area contributed by atoms with E-state index in [-0.39, 0.29) is 17.7 Å². The number of carbonyl (C=O) groups excluding carboxylic acids is 2. The Labute approximate surface area is 113 Å². The minimum Gasteiger partial charge on any atom is -0.497 e. The van der Waals surface area contributed by atoms with Gasteiger partial charge in [0.25, 0.3) is 5.91 Å². The van der Waals surface area contributed by atoms with Gasteiger partial charge in [0.05, 0.1) is 7.11 Å². The van der Waals surface area contributed by atoms with Crippen molar-refractivity contribution in [3.05, 3.63) is 29.8 Å². The fraction of sp³-hybridized carbons (Fsp3) is 0.467. The fourth-order valence-electron chi connectivity index (χ4n) is 2.55. The Kier molecular flexibility index (Phi) is 4.20. The number of likely N-dealkylation sites (tertiary alicyclic amines) is 1. The van der Waals surface area contributed by atoms with Gasteiger partial charge in [-0.3, -0.25) is 9.59 Å². The molecule has 1 aliphatic rings. The molecule has 1 aromatic carbocycles. The molecular formula is C15H19NO3. The van der Waals surface area contributed by atoms with Crippen molar-refractivity contribution in [1.82, 2.24) is 4.90 Å². The lowest BCUT2D eigenvalue weighted by Gasteiger charge is -2.24. The Morgan fingerprint density at radius 3 is 2.58 bits per heavy atom. The second-order valence-corrected chi connectivity index (χ2v) is 4.93. The van der Waals surface area contributed by atoms with Crippen LogP contribution in [-0.4, -0.2) is 36.3 Å². The van der Waals surface area contributed by atoms with Crippen LogP contribution in [0.5, 0.6) is 5.75 Å². The summed E-state index contributed by atoms with van der Waals surface area (Å²) in [6, 6.07) is 7.16. The highest BCUT2D eigenvalue weighted by Gasteiger charge is 2.29. The number of carbonyl (C=O) groups is 2. The van der Waals surface area contributed by atoms with Gasteiger partial charge in [0, 0.05) is 24.6 Å². The van der Waals surface area contributed by atoms with Gasteiger partial charge in [-0.05, 0) is 44.0 Å². The van der Waals surface area contributed by atoms with E-state index in [0.29, 0.717) is 12.0 Å². The molecule has 1 aromatic rings. The van der Waals surface area contributed by atoms with Crippen molar-refractivity contribution in [2.24, 2.45) is 0 Å². The summed E-state index contributed by atoms with van der Waals surface area (Å²) in [4.78, 5) is 25.5. The van der Waals surface area contributed by atoms with Crippen LogP contribution in [0.3, 0.4) is 0 Å². The Morgan fingerprint density at radius 2 is 2.00 bits per heavy atom. The van der Waals surface area contributed by atoms with Gasteiger partial charge in [0.15, 0.2) is 0 Å². The first-order valence-corrected chi connectivity index (χ1v) is 6.56. The number of methoxy groups -OCH3 is 1. The quantitative estimate of drug-likeness (QED) is 0.835. The average Bonchev–Trinajstić information content (AvgIpc) is 2.85. The monoisotopic (exact) mass is 261 g/mol. The fourth-order valence-corrected chi connectivity index (χ4v) is 2.55. The smallest absolute Gasteiger partial charge is 0.254 e. The topological polar surface area (TPSA) is 46.6 Å². The largest absolute Gasteiger partial charge is 0.497 e. The predicted octanol–water partition coefficient (Wildman–Crippen LogP) is 2.28. The van der Waals surface area contributed by atoms with E-state index < -0.39 is 0 Å². The lowest BCUT2D eigenvalue weighted by Crippen LogP contribution is -2.36. The maximum atomic E-state index is 12.4. The molecule has 0 N–H and O–H groups in total. The van der Waals surface area contributed by atoms with Crippen molar-refractivity contribution in [1.29, 1.82) is 0 Å². The number of rotatable bonds is 4. The number of nitrogens with zero attached hydrogens (tertiary/aromatic N) is 1. The number of hydrogen-bond acceptors (Lipinski definition) is 3. The average molecular weight is 261 g/mol. The van der Waals surface area contributed by atoms with Crippen LogP contribution in [0.25, 0.3) is 0 Å². The summed E-state index contributed by atoms with van der Waals surface area (Å²) in [5.41, 5.74) is 0.649. The molecule has 0 saturated carbocycles. The van der Waals surface area contributed by atoms with Crippen LogP contribution in [0, 0.1) is 0 Å². The molecule has 0 aromatic heterocycles. The number of hydrogen-bond donors (Lipinski definition) is 0. The molecule has 0 bridgehead atoms. The zero-order chi connectivity index (χ0) is 13.8. The highest BCUT2D eigenvalue weighted by molar-refractivity contribution is 5.95. The summed E-state index contributed by atoms with van der Waals surface area (Å²) >= 11 is 0. The van der Waals surface area contributed by atoms with Crippen molar-refractivity contribution in [2.75, 3.05) is 13.7 Å². The van der Waals surface area contributed by atoms with E-state index in [0.717, 1.165) is 25.1 Å². The summed E-state index contributed by atoms with van der Waals surface area (Å²) in [5.74, 6) is 0.879. The standard InChI is InChI=1S/C15H19NO3/c1-11(17)10-13-4-3-9-16(13)15(18)12-5-7-14(19-2)8-6-12/h5-8,13H,3-4,9-10H2,1-2H3. The van der Waals surface area contributed by atoms with Gasteiger partial charge in [0.1, 0.15) is 11.5 Å². The summed E-state index contributed by atoms with van der Waals surface area (Å²) in [6.45, 7) is 2.32. The van der Waals surface area contributed by atoms with E-state index in [1.165, 1.54) is 0 Å². The number of amides is 1. The van der Waals surface area contributed by atoms with E-state index in [9.17, 15) is 9.59 Å². The molecule has 4 nitrogen and oxygen atoms in total. The second kappa shape index (κ2) is 5.87. The van der Waals surface area contributed by atoms with Crippen molar-refractivity contribution < 1.29 is 14.3 Å². The Balaban J connectivity index is 2.11. The molecule has 1 unspecified atom stereocenters. The van der Waals surface area contributed by atoms with Gasteiger partial charge >= 0.3 is 0 Å². The zero-order valence-electron chi connectivity index (χ0n) is 11.4. The summed E-state index contributed by atoms with van der Waals surface area (Å²) in [7, 11) is 1.60. The van der Waals surface area contributed by atoms with Gasteiger partial charge in [-0.1, -0.05) is 0 Å². The molecule has 1 atom stereocenters. The maximum absolute atomic E-state index is 12.4. The molecule has 0 radical (unpaired) electrons. The van der Waals surface area contributed by atoms with Gasteiger partial charge in [-0.2, -0.15) is 0 Å². The summed E-state index contributed by atoms with van der Waals surface area (Å²) < 4.78 is 5.08. The van der Waals surface area contributed by atoms with Gasteiger partial charge in [0.2, 0.25) is 0 Å². The Hall–Kier alpha value is -1.84. The second-order valence-electron chi connectivity index (χ2n) is 4.93. The van der Waals surface area contributed by atoms with E-state index >= 15 is 0 Å². The Bertz CT molecular complexity index is 467. The van der Waals surface area contributed by atoms with E-state index in [4.69, 9.17) is 4.74 Å². The van der Waals surface area contributed by atoms with Gasteiger partial charge < -0.3 is 9.64 Å². The van der Waals surface area contributed by atoms with Crippen molar-refractivity contribution in [3.8, 4) is 5.75 Å². The Morgan fingerprint density at radius 1 is 1.32 bits per heavy atom. The van der Waals surface area contributed by atoms with Crippen LogP contribution in [0.15, 0.2) is 24.3 Å². The third-order valence-corrected chi connectivity index (χ3v) is 3.50. The molecule has 0 spiro atoms. The van der Waals surface area contributed by atoms with Crippen LogP contribution in [0.4, 0.5) is 0 Å². The number of benzene rings is 1. The van der Waals surface area contributed by atoms with Crippen LogP contribution in [0.2, 0.25) is 0 Å². The summed E-state index contributed by atoms with van der Waals surface area (Å²) in [5, 5.41) is 0. The number of Topliss-reactive ketones (excluding diaryl/α,β-unsaturated/α-hetero) is 1. The highest BCUT2D eigenvalue weighted by Crippen LogP contribution is 2.23. The van der Waals surface area contributed by atoms with E-state index in [1.54, 1.807) is 38.3 Å². The lowest BCUT2D eigenvalue weighted by atomic mass is 10.1. The molecule has 1 aliphatic heterocycles. The minimum atomic E-state index is 0.00593. The maximum Gasteiger partial charge on any atom is 0.254 e. The van der Waals surface area contributed by atoms with Crippen molar-refractivity contribution >= 4 is 11.7 Å².